The molecule has 0 aliphatic rings. The lowest BCUT2D eigenvalue weighted by molar-refractivity contribution is 0.582. The summed E-state index contributed by atoms with van der Waals surface area (Å²) in [6, 6.07) is 7.89. The molecular formula is C14H19N3OSi. The molecule has 0 N–H and O–H groups in total. The van der Waals surface area contributed by atoms with Crippen molar-refractivity contribution in [3.8, 4) is 5.75 Å². The Morgan fingerprint density at radius 2 is 2.05 bits per heavy atom. The first-order chi connectivity index (χ1) is 9.08. The Morgan fingerprint density at radius 3 is 2.68 bits per heavy atom. The summed E-state index contributed by atoms with van der Waals surface area (Å²) in [6.45, 7) is 6.25. The zero-order valence-electron chi connectivity index (χ0n) is 11.8. The van der Waals surface area contributed by atoms with Gasteiger partial charge in [-0.25, -0.2) is 9.98 Å². The van der Waals surface area contributed by atoms with Crippen LogP contribution in [0.4, 0.5) is 5.69 Å². The van der Waals surface area contributed by atoms with Crippen molar-refractivity contribution in [2.24, 2.45) is 12.0 Å². The monoisotopic (exact) mass is 273 g/mol. The SMILES string of the molecule is CC(=Nc1ccccc1O[SiH](C)C)c1nccn1C. The molecule has 4 nitrogen and oxygen atoms in total. The van der Waals surface area contributed by atoms with Crippen LogP contribution >= 0.6 is 0 Å². The standard InChI is InChI=1S/C14H19N3OSi/c1-11(14-15-9-10-17(14)2)16-12-7-5-6-8-13(12)18-19(3)4/h5-10,19H,1-4H3. The van der Waals surface area contributed by atoms with E-state index >= 15 is 0 Å². The molecule has 0 bridgehead atoms. The minimum absolute atomic E-state index is 0.859. The molecule has 0 aliphatic heterocycles. The van der Waals surface area contributed by atoms with E-state index in [9.17, 15) is 0 Å². The van der Waals surface area contributed by atoms with E-state index in [4.69, 9.17) is 4.43 Å². The van der Waals surface area contributed by atoms with Crippen molar-refractivity contribution in [3.63, 3.8) is 0 Å². The fourth-order valence-corrected chi connectivity index (χ4v) is 2.56. The van der Waals surface area contributed by atoms with E-state index in [1.54, 1.807) is 6.20 Å². The van der Waals surface area contributed by atoms with Crippen LogP contribution in [0.1, 0.15) is 12.7 Å². The number of para-hydroxylation sites is 2. The number of aromatic nitrogens is 2. The maximum absolute atomic E-state index is 5.90. The summed E-state index contributed by atoms with van der Waals surface area (Å²) in [5.74, 6) is 1.73. The van der Waals surface area contributed by atoms with Crippen molar-refractivity contribution < 1.29 is 4.43 Å². The van der Waals surface area contributed by atoms with Gasteiger partial charge in [0.05, 0.1) is 5.71 Å². The lowest BCUT2D eigenvalue weighted by Gasteiger charge is -2.12. The van der Waals surface area contributed by atoms with Crippen molar-refractivity contribution in [1.29, 1.82) is 0 Å². The van der Waals surface area contributed by atoms with E-state index in [2.05, 4.69) is 23.1 Å². The molecule has 1 aromatic heterocycles. The van der Waals surface area contributed by atoms with Gasteiger partial charge in [-0.3, -0.25) is 0 Å². The molecule has 0 radical (unpaired) electrons. The van der Waals surface area contributed by atoms with Gasteiger partial charge in [0.2, 0.25) is 9.04 Å². The van der Waals surface area contributed by atoms with E-state index in [1.165, 1.54) is 0 Å². The molecule has 19 heavy (non-hydrogen) atoms. The third-order valence-corrected chi connectivity index (χ3v) is 3.39. The lowest BCUT2D eigenvalue weighted by atomic mass is 10.3. The molecule has 0 unspecified atom stereocenters. The lowest BCUT2D eigenvalue weighted by Crippen LogP contribution is -2.11. The largest absolute Gasteiger partial charge is 0.546 e. The number of imidazole rings is 1. The van der Waals surface area contributed by atoms with E-state index in [0.717, 1.165) is 23.0 Å². The minimum atomic E-state index is -1.13. The Labute approximate surface area is 115 Å². The summed E-state index contributed by atoms with van der Waals surface area (Å²) >= 11 is 0. The van der Waals surface area contributed by atoms with Crippen LogP contribution in [0.5, 0.6) is 5.75 Å². The Hall–Kier alpha value is -1.88. The van der Waals surface area contributed by atoms with Gasteiger partial charge >= 0.3 is 0 Å². The fraction of sp³-hybridized carbons (Fsp3) is 0.286. The van der Waals surface area contributed by atoms with Crippen LogP contribution in [0.15, 0.2) is 41.7 Å². The second-order valence-electron chi connectivity index (χ2n) is 4.69. The van der Waals surface area contributed by atoms with Crippen molar-refractivity contribution in [3.05, 3.63) is 42.5 Å². The molecule has 2 rings (SSSR count). The van der Waals surface area contributed by atoms with Gasteiger partial charge in [-0.15, -0.1) is 0 Å². The number of nitrogens with zero attached hydrogens (tertiary/aromatic N) is 3. The molecule has 2 aromatic rings. The van der Waals surface area contributed by atoms with Crippen LogP contribution in [-0.2, 0) is 7.05 Å². The van der Waals surface area contributed by atoms with E-state index in [0.29, 0.717) is 0 Å². The topological polar surface area (TPSA) is 39.4 Å². The second kappa shape index (κ2) is 5.84. The summed E-state index contributed by atoms with van der Waals surface area (Å²) in [7, 11) is 0.831. The van der Waals surface area contributed by atoms with Crippen LogP contribution in [0, 0.1) is 0 Å². The molecule has 0 aliphatic carbocycles. The van der Waals surface area contributed by atoms with E-state index < -0.39 is 9.04 Å². The molecule has 0 amide bonds. The number of benzene rings is 1. The Bertz CT molecular complexity index is 590. The Morgan fingerprint density at radius 1 is 1.32 bits per heavy atom. The fourth-order valence-electron chi connectivity index (χ4n) is 1.85. The molecule has 0 saturated heterocycles. The molecule has 0 fully saturated rings. The first kappa shape index (κ1) is 13.5. The molecule has 0 atom stereocenters. The third kappa shape index (κ3) is 3.32. The third-order valence-electron chi connectivity index (χ3n) is 2.66. The van der Waals surface area contributed by atoms with Gasteiger partial charge in [0.25, 0.3) is 0 Å². The van der Waals surface area contributed by atoms with Crippen LogP contribution in [0.2, 0.25) is 13.1 Å². The Balaban J connectivity index is 2.35. The molecule has 5 heteroatoms. The summed E-state index contributed by atoms with van der Waals surface area (Å²) in [5, 5.41) is 0. The number of hydrogen-bond acceptors (Lipinski definition) is 3. The smallest absolute Gasteiger partial charge is 0.229 e. The highest BCUT2D eigenvalue weighted by atomic mass is 28.3. The molecule has 100 valence electrons. The van der Waals surface area contributed by atoms with Crippen LogP contribution in [0.3, 0.4) is 0 Å². The zero-order chi connectivity index (χ0) is 13.8. The first-order valence-corrected chi connectivity index (χ1v) is 9.14. The highest BCUT2D eigenvalue weighted by Gasteiger charge is 2.07. The molecule has 1 heterocycles. The van der Waals surface area contributed by atoms with Crippen LogP contribution in [-0.4, -0.2) is 24.3 Å². The predicted octanol–water partition coefficient (Wildman–Crippen LogP) is 2.92. The van der Waals surface area contributed by atoms with Crippen molar-refractivity contribution in [2.75, 3.05) is 0 Å². The summed E-state index contributed by atoms with van der Waals surface area (Å²) in [6.07, 6.45) is 3.69. The van der Waals surface area contributed by atoms with Crippen molar-refractivity contribution in [1.82, 2.24) is 9.55 Å². The second-order valence-corrected chi connectivity index (χ2v) is 7.03. The maximum atomic E-state index is 5.90. The highest BCUT2D eigenvalue weighted by molar-refractivity contribution is 6.49. The molecule has 0 saturated carbocycles. The van der Waals surface area contributed by atoms with E-state index in [1.807, 2.05) is 49.0 Å². The van der Waals surface area contributed by atoms with E-state index in [-0.39, 0.29) is 0 Å². The van der Waals surface area contributed by atoms with Crippen molar-refractivity contribution >= 4 is 20.4 Å². The number of aliphatic imine (C=N–C) groups is 1. The highest BCUT2D eigenvalue weighted by Crippen LogP contribution is 2.28. The normalized spacial score (nSPS) is 11.9. The quantitative estimate of drug-likeness (QED) is 0.634. The molecule has 0 spiro atoms. The minimum Gasteiger partial charge on any atom is -0.546 e. The van der Waals surface area contributed by atoms with Crippen LogP contribution in [0.25, 0.3) is 0 Å². The average molecular weight is 273 g/mol. The maximum Gasteiger partial charge on any atom is 0.229 e. The number of aryl methyl sites for hydroxylation is 1. The van der Waals surface area contributed by atoms with Gasteiger partial charge in [-0.05, 0) is 32.2 Å². The first-order valence-electron chi connectivity index (χ1n) is 6.36. The Kier molecular flexibility index (Phi) is 4.16. The predicted molar refractivity (Wildman–Crippen MR) is 81.0 cm³/mol. The van der Waals surface area contributed by atoms with Gasteiger partial charge in [0.1, 0.15) is 11.4 Å². The number of hydrogen-bond donors (Lipinski definition) is 0. The molecule has 1 aromatic carbocycles. The summed E-state index contributed by atoms with van der Waals surface area (Å²) < 4.78 is 7.86. The molecular weight excluding hydrogens is 254 g/mol. The van der Waals surface area contributed by atoms with Gasteiger partial charge in [-0.2, -0.15) is 0 Å². The summed E-state index contributed by atoms with van der Waals surface area (Å²) in [5.41, 5.74) is 1.75. The van der Waals surface area contributed by atoms with Crippen molar-refractivity contribution in [2.45, 2.75) is 20.0 Å². The zero-order valence-corrected chi connectivity index (χ0v) is 12.9. The van der Waals surface area contributed by atoms with Gasteiger partial charge in [-0.1, -0.05) is 12.1 Å². The summed E-state index contributed by atoms with van der Waals surface area (Å²) in [4.78, 5) is 8.95. The average Bonchev–Trinajstić information content (AvgIpc) is 2.77. The van der Waals surface area contributed by atoms with Gasteiger partial charge < -0.3 is 8.99 Å². The van der Waals surface area contributed by atoms with Crippen LogP contribution < -0.4 is 4.43 Å². The van der Waals surface area contributed by atoms with Gasteiger partial charge in [0, 0.05) is 19.4 Å². The van der Waals surface area contributed by atoms with Gasteiger partial charge in [0.15, 0.2) is 5.82 Å². The number of rotatable bonds is 4.